The van der Waals surface area contributed by atoms with Crippen LogP contribution in [-0.2, 0) is 6.42 Å². The van der Waals surface area contributed by atoms with Crippen LogP contribution in [0.1, 0.15) is 27.0 Å². The maximum Gasteiger partial charge on any atom is 0.336 e. The molecule has 3 heteroatoms. The number of fused-ring (bicyclic) bond motifs is 2. The molecule has 0 saturated carbocycles. The molecule has 0 fully saturated rings. The Labute approximate surface area is 140 Å². The predicted molar refractivity (Wildman–Crippen MR) is 92.9 cm³/mol. The normalized spacial score (nSPS) is 12.0. The van der Waals surface area contributed by atoms with Gasteiger partial charge < -0.3 is 9.84 Å². The van der Waals surface area contributed by atoms with Crippen LogP contribution >= 0.6 is 0 Å². The molecule has 0 radical (unpaired) electrons. The maximum atomic E-state index is 12.1. The van der Waals surface area contributed by atoms with E-state index < -0.39 is 5.97 Å². The van der Waals surface area contributed by atoms with E-state index in [1.807, 2.05) is 67.6 Å². The highest BCUT2D eigenvalue weighted by Crippen LogP contribution is 2.42. The molecular weight excluding hydrogens is 300 g/mol. The number of rotatable bonds is 2. The molecule has 1 aliphatic rings. The average Bonchev–Trinajstić information content (AvgIpc) is 2.59. The summed E-state index contributed by atoms with van der Waals surface area (Å²) in [6.07, 6.45) is 0.563. The van der Waals surface area contributed by atoms with Crippen LogP contribution in [0.4, 0.5) is 0 Å². The molecular formula is C21H16O3. The van der Waals surface area contributed by atoms with E-state index in [-0.39, 0.29) is 0 Å². The van der Waals surface area contributed by atoms with Crippen LogP contribution < -0.4 is 4.74 Å². The van der Waals surface area contributed by atoms with Crippen LogP contribution in [0.15, 0.2) is 60.7 Å². The summed E-state index contributed by atoms with van der Waals surface area (Å²) in [5.74, 6) is 0.522. The van der Waals surface area contributed by atoms with Crippen molar-refractivity contribution in [3.8, 4) is 22.6 Å². The molecule has 1 N–H and O–H groups in total. The first-order valence-electron chi connectivity index (χ1n) is 7.86. The predicted octanol–water partition coefficient (Wildman–Crippen LogP) is 5.06. The lowest BCUT2D eigenvalue weighted by molar-refractivity contribution is 0.0696. The first-order valence-corrected chi connectivity index (χ1v) is 7.86. The van der Waals surface area contributed by atoms with Gasteiger partial charge in [0, 0.05) is 12.0 Å². The summed E-state index contributed by atoms with van der Waals surface area (Å²) in [5.41, 5.74) is 4.67. The van der Waals surface area contributed by atoms with Gasteiger partial charge in [0.15, 0.2) is 0 Å². The van der Waals surface area contributed by atoms with E-state index in [4.69, 9.17) is 4.74 Å². The van der Waals surface area contributed by atoms with Gasteiger partial charge in [-0.15, -0.1) is 0 Å². The third-order valence-corrected chi connectivity index (χ3v) is 4.43. The Morgan fingerprint density at radius 2 is 1.71 bits per heavy atom. The number of ether oxygens (including phenoxy) is 1. The van der Waals surface area contributed by atoms with Gasteiger partial charge in [0.25, 0.3) is 0 Å². The van der Waals surface area contributed by atoms with Crippen LogP contribution in [0.3, 0.4) is 0 Å². The van der Waals surface area contributed by atoms with Gasteiger partial charge in [-0.2, -0.15) is 0 Å². The van der Waals surface area contributed by atoms with Gasteiger partial charge in [-0.05, 0) is 41.3 Å². The van der Waals surface area contributed by atoms with Crippen LogP contribution in [0.5, 0.6) is 11.5 Å². The number of benzene rings is 3. The largest absolute Gasteiger partial charge is 0.478 e. The number of hydrogen-bond donors (Lipinski definition) is 1. The third kappa shape index (κ3) is 2.26. The Bertz CT molecular complexity index is 943. The molecule has 0 bridgehead atoms. The molecule has 0 saturated heterocycles. The van der Waals surface area contributed by atoms with Crippen molar-refractivity contribution in [2.75, 3.05) is 0 Å². The Balaban J connectivity index is 1.98. The first-order chi connectivity index (χ1) is 11.6. The van der Waals surface area contributed by atoms with Crippen LogP contribution in [0.2, 0.25) is 0 Å². The topological polar surface area (TPSA) is 46.5 Å². The summed E-state index contributed by atoms with van der Waals surface area (Å²) in [7, 11) is 0. The molecule has 0 atom stereocenters. The van der Waals surface area contributed by atoms with Gasteiger partial charge in [0.2, 0.25) is 0 Å². The number of carboxylic acid groups (broad SMARTS) is 1. The van der Waals surface area contributed by atoms with Gasteiger partial charge in [-0.1, -0.05) is 48.5 Å². The summed E-state index contributed by atoms with van der Waals surface area (Å²) in [6.45, 7) is 1.93. The maximum absolute atomic E-state index is 12.1. The van der Waals surface area contributed by atoms with E-state index in [1.54, 1.807) is 0 Å². The van der Waals surface area contributed by atoms with Crippen molar-refractivity contribution in [1.82, 2.24) is 0 Å². The number of aryl methyl sites for hydroxylation is 1. The van der Waals surface area contributed by atoms with Crippen molar-refractivity contribution in [2.24, 2.45) is 0 Å². The Morgan fingerprint density at radius 3 is 2.46 bits per heavy atom. The molecule has 118 valence electrons. The van der Waals surface area contributed by atoms with E-state index in [0.29, 0.717) is 17.7 Å². The zero-order chi connectivity index (χ0) is 16.7. The second-order valence-corrected chi connectivity index (χ2v) is 5.98. The molecule has 0 amide bonds. The highest BCUT2D eigenvalue weighted by molar-refractivity contribution is 6.00. The smallest absolute Gasteiger partial charge is 0.336 e. The van der Waals surface area contributed by atoms with Crippen molar-refractivity contribution in [2.45, 2.75) is 13.3 Å². The molecule has 3 nitrogen and oxygen atoms in total. The van der Waals surface area contributed by atoms with Gasteiger partial charge >= 0.3 is 5.97 Å². The molecule has 0 aliphatic carbocycles. The van der Waals surface area contributed by atoms with E-state index >= 15 is 0 Å². The number of carboxylic acids is 1. The molecule has 3 aromatic carbocycles. The number of hydrogen-bond acceptors (Lipinski definition) is 2. The monoisotopic (exact) mass is 316 g/mol. The molecule has 0 spiro atoms. The summed E-state index contributed by atoms with van der Waals surface area (Å²) in [5, 5.41) is 9.90. The van der Waals surface area contributed by atoms with Crippen molar-refractivity contribution >= 4 is 5.97 Å². The summed E-state index contributed by atoms with van der Waals surface area (Å²) in [4.78, 5) is 12.1. The summed E-state index contributed by atoms with van der Waals surface area (Å²) < 4.78 is 5.98. The van der Waals surface area contributed by atoms with Crippen molar-refractivity contribution in [1.29, 1.82) is 0 Å². The molecule has 1 heterocycles. The zero-order valence-corrected chi connectivity index (χ0v) is 13.2. The fraction of sp³-hybridized carbons (Fsp3) is 0.0952. The fourth-order valence-corrected chi connectivity index (χ4v) is 3.36. The molecule has 4 rings (SSSR count). The van der Waals surface area contributed by atoms with Gasteiger partial charge in [-0.25, -0.2) is 4.79 Å². The minimum atomic E-state index is -0.920. The second kappa shape index (κ2) is 5.53. The average molecular weight is 316 g/mol. The fourth-order valence-electron chi connectivity index (χ4n) is 3.36. The molecule has 1 aliphatic heterocycles. The van der Waals surface area contributed by atoms with Gasteiger partial charge in [0.1, 0.15) is 11.5 Å². The highest BCUT2D eigenvalue weighted by Gasteiger charge is 2.27. The second-order valence-electron chi connectivity index (χ2n) is 5.98. The Morgan fingerprint density at radius 1 is 1.00 bits per heavy atom. The summed E-state index contributed by atoms with van der Waals surface area (Å²) >= 11 is 0. The van der Waals surface area contributed by atoms with E-state index in [9.17, 15) is 9.90 Å². The lowest BCUT2D eigenvalue weighted by Crippen LogP contribution is -2.12. The standard InChI is InChI=1S/C21H16O3/c1-13-11-18-16(12-15-9-5-6-10-17(15)24-18)20(21(22)23)19(13)14-7-3-2-4-8-14/h2-11H,12H2,1H3,(H,22,23). The molecule has 0 unspecified atom stereocenters. The van der Waals surface area contributed by atoms with Gasteiger partial charge in [0.05, 0.1) is 5.56 Å². The number of para-hydroxylation sites is 1. The third-order valence-electron chi connectivity index (χ3n) is 4.43. The minimum Gasteiger partial charge on any atom is -0.478 e. The minimum absolute atomic E-state index is 0.339. The Hall–Kier alpha value is -3.07. The van der Waals surface area contributed by atoms with Crippen molar-refractivity contribution < 1.29 is 14.6 Å². The quantitative estimate of drug-likeness (QED) is 0.562. The molecule has 24 heavy (non-hydrogen) atoms. The van der Waals surface area contributed by atoms with Crippen LogP contribution in [0, 0.1) is 6.92 Å². The highest BCUT2D eigenvalue weighted by atomic mass is 16.5. The lowest BCUT2D eigenvalue weighted by Gasteiger charge is -2.24. The number of carbonyl (C=O) groups is 1. The lowest BCUT2D eigenvalue weighted by atomic mass is 9.87. The Kier molecular flexibility index (Phi) is 3.35. The van der Waals surface area contributed by atoms with E-state index in [0.717, 1.165) is 33.6 Å². The molecule has 3 aromatic rings. The van der Waals surface area contributed by atoms with E-state index in [2.05, 4.69) is 0 Å². The SMILES string of the molecule is Cc1cc2c(c(C(=O)O)c1-c1ccccc1)Cc1ccccc1O2. The number of aromatic carboxylic acids is 1. The summed E-state index contributed by atoms with van der Waals surface area (Å²) in [6, 6.07) is 19.4. The van der Waals surface area contributed by atoms with Crippen molar-refractivity contribution in [3.05, 3.63) is 82.9 Å². The molecule has 0 aromatic heterocycles. The van der Waals surface area contributed by atoms with E-state index in [1.165, 1.54) is 0 Å². The van der Waals surface area contributed by atoms with Crippen LogP contribution in [0.25, 0.3) is 11.1 Å². The van der Waals surface area contributed by atoms with Gasteiger partial charge in [-0.3, -0.25) is 0 Å². The first kappa shape index (κ1) is 14.5. The van der Waals surface area contributed by atoms with Crippen molar-refractivity contribution in [3.63, 3.8) is 0 Å². The van der Waals surface area contributed by atoms with Crippen LogP contribution in [-0.4, -0.2) is 11.1 Å². The zero-order valence-electron chi connectivity index (χ0n) is 13.2.